The van der Waals surface area contributed by atoms with Gasteiger partial charge in [-0.15, -0.1) is 0 Å². The molecule has 0 bridgehead atoms. The second-order valence-electron chi connectivity index (χ2n) is 4.59. The van der Waals surface area contributed by atoms with Crippen LogP contribution in [-0.2, 0) is 11.2 Å². The predicted octanol–water partition coefficient (Wildman–Crippen LogP) is 2.32. The van der Waals surface area contributed by atoms with Crippen LogP contribution in [0, 0.1) is 0 Å². The van der Waals surface area contributed by atoms with Crippen LogP contribution in [0.25, 0.3) is 0 Å². The largest absolute Gasteiger partial charge is 0.494 e. The summed E-state index contributed by atoms with van der Waals surface area (Å²) in [6, 6.07) is 7.90. The van der Waals surface area contributed by atoms with Gasteiger partial charge in [0, 0.05) is 20.6 Å². The maximum absolute atomic E-state index is 11.7. The van der Waals surface area contributed by atoms with E-state index < -0.39 is 0 Å². The van der Waals surface area contributed by atoms with Crippen molar-refractivity contribution in [3.8, 4) is 5.75 Å². The van der Waals surface area contributed by atoms with E-state index in [1.54, 1.807) is 0 Å². The Morgan fingerprint density at radius 3 is 2.76 bits per heavy atom. The minimum atomic E-state index is -0.00177. The third kappa shape index (κ3) is 6.82. The number of hydrogen-bond donors (Lipinski definition) is 1. The van der Waals surface area contributed by atoms with Crippen molar-refractivity contribution in [1.82, 2.24) is 10.2 Å². The van der Waals surface area contributed by atoms with Crippen LogP contribution in [0.3, 0.4) is 0 Å². The monoisotopic (exact) mass is 326 g/mol. The molecular formula is C15H22N2O2S2. The van der Waals surface area contributed by atoms with E-state index in [0.717, 1.165) is 17.7 Å². The molecule has 0 aliphatic carbocycles. The third-order valence-electron chi connectivity index (χ3n) is 2.68. The third-order valence-corrected chi connectivity index (χ3v) is 4.42. The second-order valence-corrected chi connectivity index (χ2v) is 6.20. The molecule has 0 saturated carbocycles. The first kappa shape index (κ1) is 17.8. The predicted molar refractivity (Wildman–Crippen MR) is 93.1 cm³/mol. The highest BCUT2D eigenvalue weighted by Gasteiger charge is 2.07. The Morgan fingerprint density at radius 1 is 1.38 bits per heavy atom. The Morgan fingerprint density at radius 2 is 2.10 bits per heavy atom. The van der Waals surface area contributed by atoms with E-state index in [0.29, 0.717) is 23.2 Å². The molecular weight excluding hydrogens is 304 g/mol. The molecule has 0 fully saturated rings. The lowest BCUT2D eigenvalue weighted by atomic mass is 10.1. The van der Waals surface area contributed by atoms with Crippen molar-refractivity contribution in [3.63, 3.8) is 0 Å². The van der Waals surface area contributed by atoms with Crippen LogP contribution in [-0.4, -0.2) is 48.1 Å². The smallest absolute Gasteiger partial charge is 0.230 e. The first-order valence-electron chi connectivity index (χ1n) is 6.86. The van der Waals surface area contributed by atoms with Crippen LogP contribution in [0.5, 0.6) is 5.75 Å². The summed E-state index contributed by atoms with van der Waals surface area (Å²) in [4.78, 5) is 13.6. The van der Waals surface area contributed by atoms with Crippen LogP contribution >= 0.6 is 24.0 Å². The van der Waals surface area contributed by atoms with E-state index in [4.69, 9.17) is 17.0 Å². The summed E-state index contributed by atoms with van der Waals surface area (Å²) in [6.07, 6.45) is 0.755. The van der Waals surface area contributed by atoms with Crippen LogP contribution in [0.1, 0.15) is 12.5 Å². The summed E-state index contributed by atoms with van der Waals surface area (Å²) < 4.78 is 6.28. The zero-order valence-corrected chi connectivity index (χ0v) is 14.4. The van der Waals surface area contributed by atoms with E-state index >= 15 is 0 Å². The number of carbonyl (C=O) groups excluding carboxylic acids is 1. The lowest BCUT2D eigenvalue weighted by Gasteiger charge is -2.13. The summed E-state index contributed by atoms with van der Waals surface area (Å²) in [5.74, 6) is 1.24. The summed E-state index contributed by atoms with van der Waals surface area (Å²) in [7, 11) is 3.75. The Bertz CT molecular complexity index is 478. The van der Waals surface area contributed by atoms with Crippen molar-refractivity contribution >= 4 is 34.2 Å². The summed E-state index contributed by atoms with van der Waals surface area (Å²) >= 11 is 6.49. The Balaban J connectivity index is 2.33. The number of benzene rings is 1. The van der Waals surface area contributed by atoms with Gasteiger partial charge in [-0.05, 0) is 25.0 Å². The normalized spacial score (nSPS) is 10.0. The quantitative estimate of drug-likeness (QED) is 0.779. The molecule has 1 amide bonds. The van der Waals surface area contributed by atoms with Gasteiger partial charge in [0.1, 0.15) is 10.1 Å². The average molecular weight is 326 g/mol. The van der Waals surface area contributed by atoms with Crippen LogP contribution in [0.15, 0.2) is 24.3 Å². The molecule has 0 atom stereocenters. The topological polar surface area (TPSA) is 41.6 Å². The fourth-order valence-electron chi connectivity index (χ4n) is 1.65. The molecule has 4 nitrogen and oxygen atoms in total. The van der Waals surface area contributed by atoms with Crippen molar-refractivity contribution in [1.29, 1.82) is 0 Å². The minimum Gasteiger partial charge on any atom is -0.494 e. The molecule has 0 heterocycles. The van der Waals surface area contributed by atoms with Gasteiger partial charge in [0.15, 0.2) is 0 Å². The number of carbonyl (C=O) groups is 1. The number of para-hydroxylation sites is 1. The summed E-state index contributed by atoms with van der Waals surface area (Å²) in [5.41, 5.74) is 1.11. The molecule has 1 aromatic rings. The Labute approximate surface area is 136 Å². The van der Waals surface area contributed by atoms with Gasteiger partial charge in [0.25, 0.3) is 0 Å². The summed E-state index contributed by atoms with van der Waals surface area (Å²) in [6.45, 7) is 3.20. The summed E-state index contributed by atoms with van der Waals surface area (Å²) in [5, 5.41) is 2.90. The van der Waals surface area contributed by atoms with E-state index in [2.05, 4.69) is 5.32 Å². The molecule has 1 N–H and O–H groups in total. The molecule has 0 aromatic heterocycles. The standard InChI is InChI=1S/C15H22N2O2S2/c1-4-19-13-8-6-5-7-12(13)9-10-16-14(18)11-21-15(20)17(2)3/h5-8H,4,9-11H2,1-3H3,(H,16,18). The molecule has 6 heteroatoms. The van der Waals surface area contributed by atoms with Crippen molar-refractivity contribution in [2.45, 2.75) is 13.3 Å². The van der Waals surface area contributed by atoms with Gasteiger partial charge in [-0.2, -0.15) is 0 Å². The van der Waals surface area contributed by atoms with Gasteiger partial charge < -0.3 is 15.0 Å². The number of thioether (sulfide) groups is 1. The number of nitrogens with zero attached hydrogens (tertiary/aromatic N) is 1. The molecule has 1 rings (SSSR count). The molecule has 0 aliphatic heterocycles. The molecule has 1 aromatic carbocycles. The van der Waals surface area contributed by atoms with Crippen LogP contribution in [0.2, 0.25) is 0 Å². The highest BCUT2D eigenvalue weighted by Crippen LogP contribution is 2.18. The van der Waals surface area contributed by atoms with Gasteiger partial charge in [-0.1, -0.05) is 42.2 Å². The lowest BCUT2D eigenvalue weighted by molar-refractivity contribution is -0.118. The first-order chi connectivity index (χ1) is 10.0. The molecule has 21 heavy (non-hydrogen) atoms. The fourth-order valence-corrected chi connectivity index (χ4v) is 2.44. The highest BCUT2D eigenvalue weighted by atomic mass is 32.2. The SMILES string of the molecule is CCOc1ccccc1CCNC(=O)CSC(=S)N(C)C. The van der Waals surface area contributed by atoms with Crippen LogP contribution < -0.4 is 10.1 Å². The Hall–Kier alpha value is -1.27. The van der Waals surface area contributed by atoms with E-state index in [1.807, 2.05) is 50.2 Å². The number of ether oxygens (including phenoxy) is 1. The number of rotatable bonds is 7. The zero-order valence-electron chi connectivity index (χ0n) is 12.7. The zero-order chi connectivity index (χ0) is 15.7. The highest BCUT2D eigenvalue weighted by molar-refractivity contribution is 8.23. The van der Waals surface area contributed by atoms with Crippen molar-refractivity contribution in [3.05, 3.63) is 29.8 Å². The first-order valence-corrected chi connectivity index (χ1v) is 8.25. The van der Waals surface area contributed by atoms with Crippen LogP contribution in [0.4, 0.5) is 0 Å². The van der Waals surface area contributed by atoms with Gasteiger partial charge in [-0.25, -0.2) is 0 Å². The average Bonchev–Trinajstić information content (AvgIpc) is 2.46. The maximum Gasteiger partial charge on any atom is 0.230 e. The number of nitrogens with one attached hydrogen (secondary N) is 1. The van der Waals surface area contributed by atoms with E-state index in [1.165, 1.54) is 11.8 Å². The molecule has 0 spiro atoms. The molecule has 0 radical (unpaired) electrons. The van der Waals surface area contributed by atoms with Gasteiger partial charge in [0.2, 0.25) is 5.91 Å². The van der Waals surface area contributed by atoms with E-state index in [-0.39, 0.29) is 5.91 Å². The number of hydrogen-bond acceptors (Lipinski definition) is 4. The fraction of sp³-hybridized carbons (Fsp3) is 0.467. The molecule has 0 aliphatic rings. The van der Waals surface area contributed by atoms with E-state index in [9.17, 15) is 4.79 Å². The number of amides is 1. The van der Waals surface area contributed by atoms with Gasteiger partial charge in [0.05, 0.1) is 12.4 Å². The van der Waals surface area contributed by atoms with Gasteiger partial charge in [-0.3, -0.25) is 4.79 Å². The second kappa shape index (κ2) is 9.63. The molecule has 116 valence electrons. The molecule has 0 unspecified atom stereocenters. The van der Waals surface area contributed by atoms with Crippen molar-refractivity contribution in [2.75, 3.05) is 33.0 Å². The Kier molecular flexibility index (Phi) is 8.15. The van der Waals surface area contributed by atoms with Crippen molar-refractivity contribution < 1.29 is 9.53 Å². The molecule has 0 saturated heterocycles. The maximum atomic E-state index is 11.7. The number of thiocarbonyl (C=S) groups is 1. The van der Waals surface area contributed by atoms with Gasteiger partial charge >= 0.3 is 0 Å². The lowest BCUT2D eigenvalue weighted by Crippen LogP contribution is -2.29. The van der Waals surface area contributed by atoms with Crippen molar-refractivity contribution in [2.24, 2.45) is 0 Å². The minimum absolute atomic E-state index is 0.00177.